The molecule has 0 aromatic heterocycles. The quantitative estimate of drug-likeness (QED) is 0.830. The van der Waals surface area contributed by atoms with E-state index in [4.69, 9.17) is 0 Å². The third kappa shape index (κ3) is 2.37. The molecule has 2 aliphatic rings. The number of piperazine rings is 1. The molecule has 1 aromatic rings. The zero-order valence-corrected chi connectivity index (χ0v) is 11.3. The van der Waals surface area contributed by atoms with Crippen molar-refractivity contribution in [3.63, 3.8) is 0 Å². The van der Waals surface area contributed by atoms with Crippen LogP contribution in [0.25, 0.3) is 0 Å². The van der Waals surface area contributed by atoms with Crippen LogP contribution in [0.5, 0.6) is 0 Å². The fourth-order valence-electron chi connectivity index (χ4n) is 2.85. The Balaban J connectivity index is 1.65. The molecule has 1 aromatic carbocycles. The summed E-state index contributed by atoms with van der Waals surface area (Å²) in [7, 11) is 0. The Morgan fingerprint density at radius 1 is 1.05 bits per heavy atom. The summed E-state index contributed by atoms with van der Waals surface area (Å²) in [6, 6.07) is 3.90. The van der Waals surface area contributed by atoms with Gasteiger partial charge in [0.15, 0.2) is 0 Å². The lowest BCUT2D eigenvalue weighted by atomic mass is 9.84. The topological polar surface area (TPSA) is 23.6 Å². The standard InChI is InChI=1S/C15H18F2N2O/c16-12-5-2-6-13(17)14(12)18-7-9-19(10-8-18)15(20)11-3-1-4-11/h2,5-6,11H,1,3-4,7-10H2. The molecule has 3 rings (SSSR count). The largest absolute Gasteiger partial charge is 0.363 e. The maximum atomic E-state index is 13.7. The van der Waals surface area contributed by atoms with Crippen LogP contribution in [-0.2, 0) is 4.79 Å². The molecule has 5 heteroatoms. The highest BCUT2D eigenvalue weighted by Crippen LogP contribution is 2.29. The van der Waals surface area contributed by atoms with Crippen LogP contribution in [0.1, 0.15) is 19.3 Å². The number of amides is 1. The highest BCUT2D eigenvalue weighted by molar-refractivity contribution is 5.79. The molecule has 1 aliphatic heterocycles. The van der Waals surface area contributed by atoms with Crippen LogP contribution in [0.4, 0.5) is 14.5 Å². The molecule has 0 radical (unpaired) electrons. The van der Waals surface area contributed by atoms with Gasteiger partial charge in [-0.15, -0.1) is 0 Å². The van der Waals surface area contributed by atoms with Crippen LogP contribution in [0.15, 0.2) is 18.2 Å². The summed E-state index contributed by atoms with van der Waals surface area (Å²) in [5.74, 6) is -0.677. The number of nitrogens with zero attached hydrogens (tertiary/aromatic N) is 2. The Hall–Kier alpha value is -1.65. The zero-order valence-electron chi connectivity index (χ0n) is 11.3. The van der Waals surface area contributed by atoms with Crippen molar-refractivity contribution in [1.29, 1.82) is 0 Å². The van der Waals surface area contributed by atoms with Crippen molar-refractivity contribution in [1.82, 2.24) is 4.90 Å². The maximum Gasteiger partial charge on any atom is 0.225 e. The molecule has 20 heavy (non-hydrogen) atoms. The molecule has 108 valence electrons. The van der Waals surface area contributed by atoms with E-state index >= 15 is 0 Å². The van der Waals surface area contributed by atoms with Crippen LogP contribution >= 0.6 is 0 Å². The van der Waals surface area contributed by atoms with Gasteiger partial charge in [-0.3, -0.25) is 4.79 Å². The van der Waals surface area contributed by atoms with Crippen molar-refractivity contribution < 1.29 is 13.6 Å². The van der Waals surface area contributed by atoms with Gasteiger partial charge in [0, 0.05) is 32.1 Å². The number of rotatable bonds is 2. The van der Waals surface area contributed by atoms with Crippen LogP contribution in [0, 0.1) is 17.6 Å². The summed E-state index contributed by atoms with van der Waals surface area (Å²) in [5.41, 5.74) is 0.0308. The SMILES string of the molecule is O=C(C1CCC1)N1CCN(c2c(F)cccc2F)CC1. The van der Waals surface area contributed by atoms with E-state index < -0.39 is 11.6 Å². The first-order valence-corrected chi connectivity index (χ1v) is 7.14. The van der Waals surface area contributed by atoms with E-state index in [0.29, 0.717) is 26.2 Å². The number of anilines is 1. The first-order chi connectivity index (χ1) is 9.66. The monoisotopic (exact) mass is 280 g/mol. The third-order valence-electron chi connectivity index (χ3n) is 4.30. The van der Waals surface area contributed by atoms with Crippen LogP contribution < -0.4 is 4.90 Å². The second kappa shape index (κ2) is 5.38. The van der Waals surface area contributed by atoms with Crippen molar-refractivity contribution >= 4 is 11.6 Å². The van der Waals surface area contributed by atoms with Crippen molar-refractivity contribution in [2.75, 3.05) is 31.1 Å². The van der Waals surface area contributed by atoms with Crippen molar-refractivity contribution in [3.8, 4) is 0 Å². The molecule has 0 atom stereocenters. The summed E-state index contributed by atoms with van der Waals surface area (Å²) in [5, 5.41) is 0. The van der Waals surface area contributed by atoms with E-state index in [2.05, 4.69) is 0 Å². The Morgan fingerprint density at radius 3 is 2.15 bits per heavy atom. The molecule has 1 saturated carbocycles. The number of carbonyl (C=O) groups excluding carboxylic acids is 1. The van der Waals surface area contributed by atoms with E-state index in [9.17, 15) is 13.6 Å². The van der Waals surface area contributed by atoms with Gasteiger partial charge in [-0.25, -0.2) is 8.78 Å². The minimum absolute atomic E-state index is 0.0308. The second-order valence-corrected chi connectivity index (χ2v) is 5.51. The molecule has 2 fully saturated rings. The molecule has 0 unspecified atom stereocenters. The molecule has 0 spiro atoms. The van der Waals surface area contributed by atoms with Gasteiger partial charge in [-0.1, -0.05) is 12.5 Å². The molecular weight excluding hydrogens is 262 g/mol. The summed E-state index contributed by atoms with van der Waals surface area (Å²) in [4.78, 5) is 15.6. The van der Waals surface area contributed by atoms with Crippen LogP contribution in [0.2, 0.25) is 0 Å². The van der Waals surface area contributed by atoms with E-state index in [1.807, 2.05) is 4.90 Å². The molecule has 3 nitrogen and oxygen atoms in total. The Bertz CT molecular complexity index is 488. The molecule has 1 heterocycles. The Kier molecular flexibility index (Phi) is 3.59. The molecule has 1 amide bonds. The van der Waals surface area contributed by atoms with E-state index in [1.54, 1.807) is 4.90 Å². The number of benzene rings is 1. The Labute approximate surface area is 117 Å². The summed E-state index contributed by atoms with van der Waals surface area (Å²) in [6.07, 6.45) is 3.11. The highest BCUT2D eigenvalue weighted by Gasteiger charge is 2.31. The number of halogens is 2. The Morgan fingerprint density at radius 2 is 1.65 bits per heavy atom. The number of hydrogen-bond donors (Lipinski definition) is 0. The molecule has 1 saturated heterocycles. The van der Waals surface area contributed by atoms with Gasteiger partial charge in [-0.2, -0.15) is 0 Å². The van der Waals surface area contributed by atoms with Gasteiger partial charge in [0.2, 0.25) is 5.91 Å². The second-order valence-electron chi connectivity index (χ2n) is 5.51. The van der Waals surface area contributed by atoms with E-state index in [-0.39, 0.29) is 17.5 Å². The highest BCUT2D eigenvalue weighted by atomic mass is 19.1. The zero-order chi connectivity index (χ0) is 14.1. The van der Waals surface area contributed by atoms with Gasteiger partial charge in [0.05, 0.1) is 0 Å². The summed E-state index contributed by atoms with van der Waals surface area (Å²) < 4.78 is 27.4. The average Bonchev–Trinajstić information content (AvgIpc) is 2.37. The van der Waals surface area contributed by atoms with Gasteiger partial charge in [0.1, 0.15) is 17.3 Å². The van der Waals surface area contributed by atoms with Gasteiger partial charge in [0.25, 0.3) is 0 Å². The summed E-state index contributed by atoms with van der Waals surface area (Å²) >= 11 is 0. The fraction of sp³-hybridized carbons (Fsp3) is 0.533. The smallest absolute Gasteiger partial charge is 0.225 e. The van der Waals surface area contributed by atoms with Gasteiger partial charge >= 0.3 is 0 Å². The molecule has 1 aliphatic carbocycles. The molecule has 0 bridgehead atoms. The lowest BCUT2D eigenvalue weighted by molar-refractivity contribution is -0.138. The van der Waals surface area contributed by atoms with Crippen LogP contribution in [0.3, 0.4) is 0 Å². The average molecular weight is 280 g/mol. The minimum atomic E-state index is -0.538. The normalized spacial score (nSPS) is 19.9. The van der Waals surface area contributed by atoms with Crippen molar-refractivity contribution in [2.45, 2.75) is 19.3 Å². The maximum absolute atomic E-state index is 13.7. The lowest BCUT2D eigenvalue weighted by Crippen LogP contribution is -2.51. The number of hydrogen-bond acceptors (Lipinski definition) is 2. The molecule has 0 N–H and O–H groups in total. The van der Waals surface area contributed by atoms with Crippen molar-refractivity contribution in [3.05, 3.63) is 29.8 Å². The van der Waals surface area contributed by atoms with Crippen LogP contribution in [-0.4, -0.2) is 37.0 Å². The first-order valence-electron chi connectivity index (χ1n) is 7.14. The van der Waals surface area contributed by atoms with E-state index in [1.165, 1.54) is 18.2 Å². The minimum Gasteiger partial charge on any atom is -0.363 e. The third-order valence-corrected chi connectivity index (χ3v) is 4.30. The van der Waals surface area contributed by atoms with Gasteiger partial charge < -0.3 is 9.80 Å². The van der Waals surface area contributed by atoms with Crippen molar-refractivity contribution in [2.24, 2.45) is 5.92 Å². The first kappa shape index (κ1) is 13.3. The molecular formula is C15H18F2N2O. The number of carbonyl (C=O) groups is 1. The summed E-state index contributed by atoms with van der Waals surface area (Å²) in [6.45, 7) is 2.05. The predicted octanol–water partition coefficient (Wildman–Crippen LogP) is 2.41. The lowest BCUT2D eigenvalue weighted by Gasteiger charge is -2.39. The van der Waals surface area contributed by atoms with E-state index in [0.717, 1.165) is 19.3 Å². The van der Waals surface area contributed by atoms with Gasteiger partial charge in [-0.05, 0) is 25.0 Å². The fourth-order valence-corrected chi connectivity index (χ4v) is 2.85. The number of para-hydroxylation sites is 1. The predicted molar refractivity (Wildman–Crippen MR) is 72.5 cm³/mol.